The maximum absolute atomic E-state index is 12.9. The predicted molar refractivity (Wildman–Crippen MR) is 109 cm³/mol. The van der Waals surface area contributed by atoms with Gasteiger partial charge in [0.15, 0.2) is 5.78 Å². The topological polar surface area (TPSA) is 71.1 Å². The van der Waals surface area contributed by atoms with E-state index in [1.165, 1.54) is 7.11 Å². The first-order chi connectivity index (χ1) is 14.2. The summed E-state index contributed by atoms with van der Waals surface area (Å²) in [5, 5.41) is 0. The summed E-state index contributed by atoms with van der Waals surface area (Å²) in [5.41, 5.74) is 0.463. The summed E-state index contributed by atoms with van der Waals surface area (Å²) in [5.74, 6) is -1.14. The van der Waals surface area contributed by atoms with Crippen molar-refractivity contribution in [2.75, 3.05) is 34.0 Å². The molecule has 0 fully saturated rings. The van der Waals surface area contributed by atoms with E-state index in [9.17, 15) is 9.59 Å². The van der Waals surface area contributed by atoms with Crippen LogP contribution in [-0.2, 0) is 19.0 Å². The Balaban J connectivity index is 2.09. The Morgan fingerprint density at radius 2 is 1.55 bits per heavy atom. The molecule has 0 aromatic heterocycles. The molecule has 6 heteroatoms. The van der Waals surface area contributed by atoms with Gasteiger partial charge in [-0.1, -0.05) is 48.5 Å². The van der Waals surface area contributed by atoms with Crippen LogP contribution in [0.1, 0.15) is 23.2 Å². The predicted octanol–water partition coefficient (Wildman–Crippen LogP) is 3.55. The SMILES string of the molecule is COCCCOC(COc1ccccc1)CC(C(=O)OC)C(=O)c1ccccc1. The summed E-state index contributed by atoms with van der Waals surface area (Å²) in [6.07, 6.45) is 0.414. The van der Waals surface area contributed by atoms with Crippen molar-refractivity contribution in [1.82, 2.24) is 0 Å². The van der Waals surface area contributed by atoms with Gasteiger partial charge in [-0.15, -0.1) is 0 Å². The number of ether oxygens (including phenoxy) is 4. The van der Waals surface area contributed by atoms with E-state index >= 15 is 0 Å². The van der Waals surface area contributed by atoms with Gasteiger partial charge >= 0.3 is 5.97 Å². The van der Waals surface area contributed by atoms with Gasteiger partial charge in [-0.05, 0) is 25.0 Å². The Labute approximate surface area is 171 Å². The summed E-state index contributed by atoms with van der Waals surface area (Å²) in [6.45, 7) is 1.21. The number of ketones is 1. The Kier molecular flexibility index (Phi) is 9.89. The van der Waals surface area contributed by atoms with Crippen LogP contribution in [-0.4, -0.2) is 51.9 Å². The molecule has 2 rings (SSSR count). The van der Waals surface area contributed by atoms with E-state index in [4.69, 9.17) is 18.9 Å². The minimum atomic E-state index is -0.964. The first-order valence-electron chi connectivity index (χ1n) is 9.61. The molecule has 0 spiro atoms. The fourth-order valence-electron chi connectivity index (χ4n) is 2.86. The van der Waals surface area contributed by atoms with Gasteiger partial charge in [0.25, 0.3) is 0 Å². The average molecular weight is 400 g/mol. The zero-order valence-electron chi connectivity index (χ0n) is 16.9. The number of para-hydroxylation sites is 1. The molecule has 0 aliphatic rings. The lowest BCUT2D eigenvalue weighted by atomic mass is 9.92. The molecule has 2 atom stereocenters. The number of rotatable bonds is 13. The Bertz CT molecular complexity index is 732. The van der Waals surface area contributed by atoms with Crippen molar-refractivity contribution in [1.29, 1.82) is 0 Å². The molecule has 2 aromatic rings. The lowest BCUT2D eigenvalue weighted by molar-refractivity contribution is -0.145. The van der Waals surface area contributed by atoms with Gasteiger partial charge in [0.05, 0.1) is 13.2 Å². The van der Waals surface area contributed by atoms with E-state index in [0.29, 0.717) is 30.9 Å². The Hall–Kier alpha value is -2.70. The van der Waals surface area contributed by atoms with Crippen LogP contribution >= 0.6 is 0 Å². The zero-order chi connectivity index (χ0) is 20.9. The normalized spacial score (nSPS) is 12.8. The molecule has 6 nitrogen and oxygen atoms in total. The van der Waals surface area contributed by atoms with Crippen molar-refractivity contribution in [2.45, 2.75) is 18.9 Å². The van der Waals surface area contributed by atoms with Gasteiger partial charge in [0.1, 0.15) is 18.3 Å². The molecule has 2 aromatic carbocycles. The fraction of sp³-hybridized carbons (Fsp3) is 0.391. The van der Waals surface area contributed by atoms with Gasteiger partial charge in [0, 0.05) is 25.9 Å². The molecule has 156 valence electrons. The lowest BCUT2D eigenvalue weighted by Crippen LogP contribution is -2.33. The third-order valence-corrected chi connectivity index (χ3v) is 4.38. The minimum absolute atomic E-state index is 0.167. The summed E-state index contributed by atoms with van der Waals surface area (Å²) < 4.78 is 21.6. The first-order valence-corrected chi connectivity index (χ1v) is 9.61. The maximum atomic E-state index is 12.9. The van der Waals surface area contributed by atoms with Crippen molar-refractivity contribution in [2.24, 2.45) is 5.92 Å². The highest BCUT2D eigenvalue weighted by molar-refractivity contribution is 6.08. The largest absolute Gasteiger partial charge is 0.491 e. The lowest BCUT2D eigenvalue weighted by Gasteiger charge is -2.22. The number of Topliss-reactive ketones (excluding diaryl/α,β-unsaturated/α-hetero) is 1. The van der Waals surface area contributed by atoms with Gasteiger partial charge < -0.3 is 18.9 Å². The van der Waals surface area contributed by atoms with Crippen LogP contribution in [0.4, 0.5) is 0 Å². The number of methoxy groups -OCH3 is 2. The van der Waals surface area contributed by atoms with Crippen LogP contribution in [0, 0.1) is 5.92 Å². The van der Waals surface area contributed by atoms with Crippen molar-refractivity contribution in [3.05, 3.63) is 66.2 Å². The first kappa shape index (κ1) is 22.6. The average Bonchev–Trinajstić information content (AvgIpc) is 2.78. The highest BCUT2D eigenvalue weighted by Crippen LogP contribution is 2.19. The van der Waals surface area contributed by atoms with E-state index < -0.39 is 18.0 Å². The number of benzene rings is 2. The van der Waals surface area contributed by atoms with Crippen LogP contribution in [0.25, 0.3) is 0 Å². The molecule has 0 aliphatic heterocycles. The molecule has 2 unspecified atom stereocenters. The third-order valence-electron chi connectivity index (χ3n) is 4.38. The molecule has 29 heavy (non-hydrogen) atoms. The fourth-order valence-corrected chi connectivity index (χ4v) is 2.86. The van der Waals surface area contributed by atoms with Gasteiger partial charge in [-0.25, -0.2) is 0 Å². The molecular weight excluding hydrogens is 372 g/mol. The zero-order valence-corrected chi connectivity index (χ0v) is 16.9. The molecule has 0 saturated carbocycles. The van der Waals surface area contributed by atoms with Crippen LogP contribution in [0.15, 0.2) is 60.7 Å². The van der Waals surface area contributed by atoms with Crippen LogP contribution in [0.2, 0.25) is 0 Å². The van der Waals surface area contributed by atoms with Crippen LogP contribution in [0.5, 0.6) is 5.75 Å². The quantitative estimate of drug-likeness (QED) is 0.222. The van der Waals surface area contributed by atoms with Crippen molar-refractivity contribution in [3.8, 4) is 5.75 Å². The second-order valence-corrected chi connectivity index (χ2v) is 6.50. The van der Waals surface area contributed by atoms with Crippen molar-refractivity contribution in [3.63, 3.8) is 0 Å². The number of carbonyl (C=O) groups excluding carboxylic acids is 2. The van der Waals surface area contributed by atoms with Crippen LogP contribution in [0.3, 0.4) is 0 Å². The monoisotopic (exact) mass is 400 g/mol. The third kappa shape index (κ3) is 7.68. The standard InChI is InChI=1S/C23H28O6/c1-26-14-9-15-28-20(17-29-19-12-7-4-8-13-19)16-21(23(25)27-2)22(24)18-10-5-3-6-11-18/h3-8,10-13,20-21H,9,14-17H2,1-2H3. The number of carbonyl (C=O) groups is 2. The number of hydrogen-bond acceptors (Lipinski definition) is 6. The maximum Gasteiger partial charge on any atom is 0.316 e. The molecule has 0 bridgehead atoms. The summed E-state index contributed by atoms with van der Waals surface area (Å²) in [6, 6.07) is 18.1. The summed E-state index contributed by atoms with van der Waals surface area (Å²) in [7, 11) is 2.91. The van der Waals surface area contributed by atoms with Gasteiger partial charge in [-0.3, -0.25) is 9.59 Å². The van der Waals surface area contributed by atoms with Gasteiger partial charge in [0.2, 0.25) is 0 Å². The molecular formula is C23H28O6. The Morgan fingerprint density at radius 1 is 0.897 bits per heavy atom. The van der Waals surface area contributed by atoms with Gasteiger partial charge in [-0.2, -0.15) is 0 Å². The number of esters is 1. The molecule has 0 heterocycles. The minimum Gasteiger partial charge on any atom is -0.491 e. The van der Waals surface area contributed by atoms with E-state index in [-0.39, 0.29) is 18.8 Å². The molecule has 0 amide bonds. The highest BCUT2D eigenvalue weighted by atomic mass is 16.5. The molecule has 0 N–H and O–H groups in total. The highest BCUT2D eigenvalue weighted by Gasteiger charge is 2.32. The second kappa shape index (κ2) is 12.7. The van der Waals surface area contributed by atoms with E-state index in [0.717, 1.165) is 0 Å². The molecule has 0 aliphatic carbocycles. The van der Waals surface area contributed by atoms with E-state index in [2.05, 4.69) is 0 Å². The number of hydrogen-bond donors (Lipinski definition) is 0. The summed E-state index contributed by atoms with van der Waals surface area (Å²) >= 11 is 0. The summed E-state index contributed by atoms with van der Waals surface area (Å²) in [4.78, 5) is 25.3. The smallest absolute Gasteiger partial charge is 0.316 e. The molecule has 0 saturated heterocycles. The van der Waals surface area contributed by atoms with E-state index in [1.807, 2.05) is 36.4 Å². The van der Waals surface area contributed by atoms with Crippen molar-refractivity contribution >= 4 is 11.8 Å². The van der Waals surface area contributed by atoms with E-state index in [1.54, 1.807) is 31.4 Å². The van der Waals surface area contributed by atoms with Crippen LogP contribution < -0.4 is 4.74 Å². The van der Waals surface area contributed by atoms with Crippen molar-refractivity contribution < 1.29 is 28.5 Å². The Morgan fingerprint density at radius 3 is 2.17 bits per heavy atom. The second-order valence-electron chi connectivity index (χ2n) is 6.50. The molecule has 0 radical (unpaired) electrons.